The van der Waals surface area contributed by atoms with Crippen LogP contribution in [0.2, 0.25) is 0 Å². The average molecular weight is 437 g/mol. The minimum atomic E-state index is -0.794. The van der Waals surface area contributed by atoms with E-state index in [0.717, 1.165) is 16.0 Å². The molecule has 2 unspecified atom stereocenters. The van der Waals surface area contributed by atoms with Crippen molar-refractivity contribution in [1.29, 1.82) is 0 Å². The summed E-state index contributed by atoms with van der Waals surface area (Å²) in [6.45, 7) is 2.37. The van der Waals surface area contributed by atoms with Crippen LogP contribution in [0.25, 0.3) is 0 Å². The van der Waals surface area contributed by atoms with Crippen LogP contribution in [0.3, 0.4) is 0 Å². The zero-order chi connectivity index (χ0) is 22.1. The van der Waals surface area contributed by atoms with E-state index in [0.29, 0.717) is 30.9 Å². The highest BCUT2D eigenvalue weighted by Gasteiger charge is 2.24. The van der Waals surface area contributed by atoms with Gasteiger partial charge in [-0.25, -0.2) is 0 Å². The highest BCUT2D eigenvalue weighted by molar-refractivity contribution is 7.98. The Labute approximate surface area is 188 Å². The van der Waals surface area contributed by atoms with Gasteiger partial charge in [-0.15, -0.1) is 11.8 Å². The van der Waals surface area contributed by atoms with Gasteiger partial charge in [-0.3, -0.25) is 4.79 Å². The van der Waals surface area contributed by atoms with Gasteiger partial charge in [0, 0.05) is 17.4 Å². The number of hydrogen-bond acceptors (Lipinski definition) is 4. The number of carbonyl (C=O) groups is 1. The van der Waals surface area contributed by atoms with Crippen molar-refractivity contribution in [3.05, 3.63) is 90.0 Å². The Kier molecular flexibility index (Phi) is 8.42. The van der Waals surface area contributed by atoms with Gasteiger partial charge in [-0.1, -0.05) is 67.6 Å². The lowest BCUT2D eigenvalue weighted by atomic mass is 9.94. The van der Waals surface area contributed by atoms with E-state index in [2.05, 4.69) is 0 Å². The summed E-state index contributed by atoms with van der Waals surface area (Å²) in [5.41, 5.74) is 2.05. The first-order valence-electron chi connectivity index (χ1n) is 10.4. The molecule has 4 nitrogen and oxygen atoms in total. The van der Waals surface area contributed by atoms with Crippen molar-refractivity contribution < 1.29 is 19.4 Å². The van der Waals surface area contributed by atoms with E-state index in [1.54, 1.807) is 11.8 Å². The summed E-state index contributed by atoms with van der Waals surface area (Å²) >= 11 is 1.59. The number of thioether (sulfide) groups is 1. The van der Waals surface area contributed by atoms with E-state index in [1.807, 2.05) is 92.0 Å². The highest BCUT2D eigenvalue weighted by Crippen LogP contribution is 2.37. The van der Waals surface area contributed by atoms with Gasteiger partial charge in [0.05, 0.1) is 5.92 Å². The zero-order valence-corrected chi connectivity index (χ0v) is 18.7. The number of carboxylic acids is 1. The molecule has 0 saturated carbocycles. The van der Waals surface area contributed by atoms with E-state index >= 15 is 0 Å². The van der Waals surface area contributed by atoms with Gasteiger partial charge in [0.15, 0.2) is 0 Å². The number of ether oxygens (including phenoxy) is 2. The second kappa shape index (κ2) is 11.5. The predicted octanol–water partition coefficient (Wildman–Crippen LogP) is 6.61. The van der Waals surface area contributed by atoms with Crippen molar-refractivity contribution >= 4 is 17.7 Å². The second-order valence-electron chi connectivity index (χ2n) is 7.28. The fourth-order valence-electron chi connectivity index (χ4n) is 3.35. The van der Waals surface area contributed by atoms with Crippen LogP contribution in [0, 0.1) is 5.92 Å². The Balaban J connectivity index is 1.83. The molecule has 31 heavy (non-hydrogen) atoms. The quantitative estimate of drug-likeness (QED) is 0.343. The van der Waals surface area contributed by atoms with Gasteiger partial charge >= 0.3 is 5.97 Å². The SMILES string of the molecule is CCC(CC(Oc1cc(OCc2ccccc2)ccc1SC)c1ccccc1)C(=O)O. The van der Waals surface area contributed by atoms with Crippen molar-refractivity contribution in [3.63, 3.8) is 0 Å². The summed E-state index contributed by atoms with van der Waals surface area (Å²) in [4.78, 5) is 12.6. The molecule has 5 heteroatoms. The minimum absolute atomic E-state index is 0.363. The summed E-state index contributed by atoms with van der Waals surface area (Å²) in [5.74, 6) is 0.151. The molecule has 0 amide bonds. The summed E-state index contributed by atoms with van der Waals surface area (Å²) in [5, 5.41) is 9.58. The first kappa shape index (κ1) is 22.8. The topological polar surface area (TPSA) is 55.8 Å². The number of carboxylic acid groups (broad SMARTS) is 1. The Hall–Kier alpha value is -2.92. The van der Waals surface area contributed by atoms with Gasteiger partial charge in [0.25, 0.3) is 0 Å². The number of aliphatic carboxylic acids is 1. The van der Waals surface area contributed by atoms with Crippen LogP contribution in [0.1, 0.15) is 37.0 Å². The van der Waals surface area contributed by atoms with E-state index in [9.17, 15) is 9.90 Å². The summed E-state index contributed by atoms with van der Waals surface area (Å²) in [6, 6.07) is 25.6. The van der Waals surface area contributed by atoms with Crippen LogP contribution in [0.4, 0.5) is 0 Å². The van der Waals surface area contributed by atoms with Gasteiger partial charge < -0.3 is 14.6 Å². The molecule has 0 fully saturated rings. The van der Waals surface area contributed by atoms with E-state index in [4.69, 9.17) is 9.47 Å². The molecule has 162 valence electrons. The lowest BCUT2D eigenvalue weighted by Crippen LogP contribution is -2.19. The van der Waals surface area contributed by atoms with Crippen LogP contribution in [-0.2, 0) is 11.4 Å². The lowest BCUT2D eigenvalue weighted by molar-refractivity contribution is -0.142. The van der Waals surface area contributed by atoms with Crippen LogP contribution in [0.5, 0.6) is 11.5 Å². The largest absolute Gasteiger partial charge is 0.489 e. The normalized spacial score (nSPS) is 12.7. The van der Waals surface area contributed by atoms with Crippen molar-refractivity contribution in [3.8, 4) is 11.5 Å². The number of hydrogen-bond donors (Lipinski definition) is 1. The van der Waals surface area contributed by atoms with Gasteiger partial charge in [0.1, 0.15) is 24.2 Å². The molecule has 0 aliphatic carbocycles. The molecule has 1 N–H and O–H groups in total. The molecule has 0 aliphatic rings. The van der Waals surface area contributed by atoms with Crippen LogP contribution in [0.15, 0.2) is 83.8 Å². The van der Waals surface area contributed by atoms with Gasteiger partial charge in [0.2, 0.25) is 0 Å². The Morgan fingerprint density at radius 1 is 1.00 bits per heavy atom. The molecule has 0 bridgehead atoms. The maximum absolute atomic E-state index is 11.7. The third-order valence-electron chi connectivity index (χ3n) is 5.16. The summed E-state index contributed by atoms with van der Waals surface area (Å²) in [6.07, 6.45) is 2.59. The fourth-order valence-corrected chi connectivity index (χ4v) is 3.87. The lowest BCUT2D eigenvalue weighted by Gasteiger charge is -2.24. The monoisotopic (exact) mass is 436 g/mol. The van der Waals surface area contributed by atoms with Crippen molar-refractivity contribution in [2.24, 2.45) is 5.92 Å². The first-order chi connectivity index (χ1) is 15.1. The van der Waals surface area contributed by atoms with Gasteiger partial charge in [-0.05, 0) is 35.9 Å². The summed E-state index contributed by atoms with van der Waals surface area (Å²) < 4.78 is 12.4. The highest BCUT2D eigenvalue weighted by atomic mass is 32.2. The maximum Gasteiger partial charge on any atom is 0.306 e. The third-order valence-corrected chi connectivity index (χ3v) is 5.94. The summed E-state index contributed by atoms with van der Waals surface area (Å²) in [7, 11) is 0. The number of benzene rings is 3. The Bertz CT molecular complexity index is 960. The van der Waals surface area contributed by atoms with Crippen LogP contribution in [-0.4, -0.2) is 17.3 Å². The molecule has 0 heterocycles. The van der Waals surface area contributed by atoms with Crippen LogP contribution >= 0.6 is 11.8 Å². The molecule has 0 spiro atoms. The molecule has 3 aromatic carbocycles. The molecule has 3 rings (SSSR count). The first-order valence-corrected chi connectivity index (χ1v) is 11.6. The fraction of sp³-hybridized carbons (Fsp3) is 0.269. The van der Waals surface area contributed by atoms with Crippen LogP contribution < -0.4 is 9.47 Å². The molecule has 3 aromatic rings. The maximum atomic E-state index is 11.7. The predicted molar refractivity (Wildman–Crippen MR) is 125 cm³/mol. The minimum Gasteiger partial charge on any atom is -0.489 e. The smallest absolute Gasteiger partial charge is 0.306 e. The Morgan fingerprint density at radius 3 is 2.29 bits per heavy atom. The molecule has 0 aromatic heterocycles. The molecule has 0 saturated heterocycles. The molecular formula is C26H28O4S. The zero-order valence-electron chi connectivity index (χ0n) is 17.9. The third kappa shape index (κ3) is 6.53. The standard InChI is InChI=1S/C26H28O4S/c1-3-20(26(27)28)16-23(21-12-8-5-9-13-21)30-24-17-22(14-15-25(24)31-2)29-18-19-10-6-4-7-11-19/h4-15,17,20,23H,3,16,18H2,1-2H3,(H,27,28). The molecule has 2 atom stereocenters. The van der Waals surface area contributed by atoms with Crippen molar-refractivity contribution in [2.45, 2.75) is 37.4 Å². The Morgan fingerprint density at radius 2 is 1.68 bits per heavy atom. The van der Waals surface area contributed by atoms with E-state index in [1.165, 1.54) is 0 Å². The average Bonchev–Trinajstić information content (AvgIpc) is 2.81. The second-order valence-corrected chi connectivity index (χ2v) is 8.13. The molecule has 0 aliphatic heterocycles. The van der Waals surface area contributed by atoms with E-state index in [-0.39, 0.29) is 6.10 Å². The number of rotatable bonds is 11. The van der Waals surface area contributed by atoms with Gasteiger partial charge in [-0.2, -0.15) is 0 Å². The van der Waals surface area contributed by atoms with Crippen molar-refractivity contribution in [2.75, 3.05) is 6.26 Å². The molecule has 0 radical (unpaired) electrons. The van der Waals surface area contributed by atoms with Crippen molar-refractivity contribution in [1.82, 2.24) is 0 Å². The molecular weight excluding hydrogens is 408 g/mol. The van der Waals surface area contributed by atoms with E-state index < -0.39 is 11.9 Å².